The van der Waals surface area contributed by atoms with Crippen LogP contribution < -0.4 is 19.5 Å². The highest BCUT2D eigenvalue weighted by atomic mass is 16.5. The number of aliphatic hydroxyl groups is 1. The Hall–Kier alpha value is -4.31. The number of anilines is 1. The van der Waals surface area contributed by atoms with E-state index in [-0.39, 0.29) is 23.9 Å². The van der Waals surface area contributed by atoms with Gasteiger partial charge in [-0.1, -0.05) is 11.1 Å². The molecule has 2 N–H and O–H groups in total. The number of hydrogen-bond donors (Lipinski definition) is 2. The van der Waals surface area contributed by atoms with Crippen LogP contribution in [-0.2, 0) is 0 Å². The molecule has 214 valence electrons. The number of fused-ring (bicyclic) bond motifs is 4. The summed E-state index contributed by atoms with van der Waals surface area (Å²) in [5, 5.41) is 13.8. The largest absolute Gasteiger partial charge is 0.493 e. The minimum absolute atomic E-state index is 0.0754. The van der Waals surface area contributed by atoms with Crippen molar-refractivity contribution in [3.05, 3.63) is 64.5 Å². The van der Waals surface area contributed by atoms with Crippen LogP contribution in [-0.4, -0.2) is 71.6 Å². The fourth-order valence-corrected chi connectivity index (χ4v) is 5.80. The molecule has 2 aromatic carbocycles. The fourth-order valence-electron chi connectivity index (χ4n) is 5.80. The molecule has 4 heterocycles. The van der Waals surface area contributed by atoms with Gasteiger partial charge in [-0.25, -0.2) is 0 Å². The van der Waals surface area contributed by atoms with Gasteiger partial charge in [0.2, 0.25) is 0 Å². The van der Waals surface area contributed by atoms with Crippen LogP contribution in [0.15, 0.2) is 52.8 Å². The number of carbonyl (C=O) groups is 2. The second kappa shape index (κ2) is 10.6. The Morgan fingerprint density at radius 3 is 2.39 bits per heavy atom. The van der Waals surface area contributed by atoms with E-state index in [2.05, 4.69) is 10.3 Å². The van der Waals surface area contributed by atoms with Crippen molar-refractivity contribution in [3.63, 3.8) is 0 Å². The summed E-state index contributed by atoms with van der Waals surface area (Å²) in [4.78, 5) is 34.3. The van der Waals surface area contributed by atoms with Gasteiger partial charge in [0.1, 0.15) is 12.0 Å². The number of carbonyl (C=O) groups excluding carboxylic acids is 2. The van der Waals surface area contributed by atoms with E-state index in [4.69, 9.17) is 14.2 Å². The van der Waals surface area contributed by atoms with E-state index in [0.29, 0.717) is 65.8 Å². The number of rotatable bonds is 7. The molecule has 0 bridgehead atoms. The highest BCUT2D eigenvalue weighted by molar-refractivity contribution is 6.04. The van der Waals surface area contributed by atoms with Crippen LogP contribution in [0.2, 0.25) is 0 Å². The van der Waals surface area contributed by atoms with Gasteiger partial charge in [-0.2, -0.15) is 0 Å². The zero-order chi connectivity index (χ0) is 28.8. The van der Waals surface area contributed by atoms with Crippen molar-refractivity contribution in [3.8, 4) is 17.2 Å². The third kappa shape index (κ3) is 4.93. The normalized spacial score (nSPS) is 22.5. The molecule has 0 saturated carbocycles. The summed E-state index contributed by atoms with van der Waals surface area (Å²) >= 11 is 0. The Bertz CT molecular complexity index is 1510. The summed E-state index contributed by atoms with van der Waals surface area (Å²) in [5.74, 6) is 1.36. The van der Waals surface area contributed by atoms with Crippen molar-refractivity contribution in [1.29, 1.82) is 0 Å². The van der Waals surface area contributed by atoms with Crippen molar-refractivity contribution in [2.45, 2.75) is 58.3 Å². The molecule has 1 unspecified atom stereocenters. The van der Waals surface area contributed by atoms with Crippen LogP contribution >= 0.6 is 0 Å². The number of nitrogens with one attached hydrogen (secondary N) is 1. The minimum atomic E-state index is -0.884. The first kappa shape index (κ1) is 26.9. The van der Waals surface area contributed by atoms with E-state index >= 15 is 0 Å². The molecule has 2 amide bonds. The maximum absolute atomic E-state index is 13.2. The van der Waals surface area contributed by atoms with E-state index < -0.39 is 6.23 Å². The van der Waals surface area contributed by atoms with Gasteiger partial charge < -0.3 is 34.4 Å². The van der Waals surface area contributed by atoms with E-state index in [9.17, 15) is 14.7 Å². The predicted molar refractivity (Wildman–Crippen MR) is 154 cm³/mol. The summed E-state index contributed by atoms with van der Waals surface area (Å²) < 4.78 is 17.6. The maximum atomic E-state index is 13.2. The second-order valence-corrected chi connectivity index (χ2v) is 11.0. The highest BCUT2D eigenvalue weighted by Gasteiger charge is 2.38. The van der Waals surface area contributed by atoms with E-state index in [1.807, 2.05) is 39.4 Å². The number of benzene rings is 2. The Morgan fingerprint density at radius 2 is 1.61 bits per heavy atom. The third-order valence-electron chi connectivity index (χ3n) is 7.88. The molecule has 41 heavy (non-hydrogen) atoms. The zero-order valence-electron chi connectivity index (χ0n) is 23.6. The second-order valence-electron chi connectivity index (χ2n) is 11.0. The fraction of sp³-hybridized carbons (Fsp3) is 0.387. The Kier molecular flexibility index (Phi) is 6.94. The topological polar surface area (TPSA) is 113 Å². The smallest absolute Gasteiger partial charge is 0.260 e. The van der Waals surface area contributed by atoms with Gasteiger partial charge in [0.25, 0.3) is 11.8 Å². The van der Waals surface area contributed by atoms with Crippen LogP contribution in [0.25, 0.3) is 0 Å². The lowest BCUT2D eigenvalue weighted by Crippen LogP contribution is -2.42. The first-order valence-electron chi connectivity index (χ1n) is 13.8. The highest BCUT2D eigenvalue weighted by Crippen LogP contribution is 2.39. The van der Waals surface area contributed by atoms with Crippen LogP contribution in [0.4, 0.5) is 11.4 Å². The van der Waals surface area contributed by atoms with Crippen LogP contribution in [0, 0.1) is 6.92 Å². The zero-order valence-corrected chi connectivity index (χ0v) is 23.6. The molecule has 4 aliphatic heterocycles. The number of aliphatic hydroxyl groups excluding tert-OH is 1. The SMILES string of the molecule is COc1cc2c(cc1OCCCOc1cc3c(cc1C)C(=O)N1C=C(C)C[C@H]1C(O)N3)N=C[C@@H]1CC(C)=CN1C2=O. The molecule has 2 aromatic rings. The molecule has 0 fully saturated rings. The lowest BCUT2D eigenvalue weighted by Gasteiger charge is -2.24. The Balaban J connectivity index is 1.10. The van der Waals surface area contributed by atoms with Gasteiger partial charge in [-0.15, -0.1) is 0 Å². The number of aliphatic imine (C=N–C) groups is 1. The lowest BCUT2D eigenvalue weighted by molar-refractivity contribution is 0.0643. The Morgan fingerprint density at radius 1 is 0.902 bits per heavy atom. The molecule has 10 heteroatoms. The minimum Gasteiger partial charge on any atom is -0.493 e. The molecule has 4 aliphatic rings. The number of hydrogen-bond acceptors (Lipinski definition) is 8. The molecular formula is C31H34N4O6. The molecule has 0 spiro atoms. The van der Waals surface area contributed by atoms with Gasteiger partial charge in [0.15, 0.2) is 11.5 Å². The van der Waals surface area contributed by atoms with Crippen LogP contribution in [0.3, 0.4) is 0 Å². The predicted octanol–water partition coefficient (Wildman–Crippen LogP) is 4.55. The van der Waals surface area contributed by atoms with E-state index in [1.165, 1.54) is 0 Å². The van der Waals surface area contributed by atoms with Gasteiger partial charge >= 0.3 is 0 Å². The maximum Gasteiger partial charge on any atom is 0.260 e. The molecule has 6 rings (SSSR count). The number of amides is 2. The monoisotopic (exact) mass is 558 g/mol. The van der Waals surface area contributed by atoms with E-state index in [0.717, 1.165) is 23.1 Å². The van der Waals surface area contributed by atoms with Gasteiger partial charge in [0.05, 0.1) is 54.9 Å². The van der Waals surface area contributed by atoms with Gasteiger partial charge in [0, 0.05) is 37.2 Å². The molecule has 0 saturated heterocycles. The van der Waals surface area contributed by atoms with Crippen molar-refractivity contribution >= 4 is 29.4 Å². The molecule has 10 nitrogen and oxygen atoms in total. The number of aryl methyl sites for hydroxylation is 1. The number of methoxy groups -OCH3 is 1. The molecule has 0 radical (unpaired) electrons. The van der Waals surface area contributed by atoms with Crippen molar-refractivity contribution in [2.75, 3.05) is 25.6 Å². The van der Waals surface area contributed by atoms with Gasteiger partial charge in [-0.05, 0) is 51.3 Å². The molecule has 3 atom stereocenters. The summed E-state index contributed by atoms with van der Waals surface area (Å²) in [7, 11) is 1.54. The molecule has 0 aliphatic carbocycles. The van der Waals surface area contributed by atoms with E-state index in [1.54, 1.807) is 41.2 Å². The average molecular weight is 559 g/mol. The van der Waals surface area contributed by atoms with Gasteiger partial charge in [-0.3, -0.25) is 14.6 Å². The van der Waals surface area contributed by atoms with Crippen LogP contribution in [0.5, 0.6) is 17.2 Å². The first-order chi connectivity index (χ1) is 19.7. The van der Waals surface area contributed by atoms with Crippen LogP contribution in [0.1, 0.15) is 59.4 Å². The van der Waals surface area contributed by atoms with Crippen molar-refractivity contribution < 1.29 is 28.9 Å². The average Bonchev–Trinajstić information content (AvgIpc) is 3.48. The number of ether oxygens (including phenoxy) is 3. The van der Waals surface area contributed by atoms with Crippen molar-refractivity contribution in [2.24, 2.45) is 4.99 Å². The van der Waals surface area contributed by atoms with Crippen molar-refractivity contribution in [1.82, 2.24) is 9.80 Å². The summed E-state index contributed by atoms with van der Waals surface area (Å²) in [5.41, 5.74) is 5.12. The summed E-state index contributed by atoms with van der Waals surface area (Å²) in [6.45, 7) is 6.59. The summed E-state index contributed by atoms with van der Waals surface area (Å²) in [6.07, 6.45) is 6.61. The molecular weight excluding hydrogens is 524 g/mol. The third-order valence-corrected chi connectivity index (χ3v) is 7.88. The number of nitrogens with zero attached hydrogens (tertiary/aromatic N) is 3. The molecule has 0 aromatic heterocycles. The summed E-state index contributed by atoms with van der Waals surface area (Å²) in [6, 6.07) is 6.61. The lowest BCUT2D eigenvalue weighted by atomic mass is 10.1. The first-order valence-corrected chi connectivity index (χ1v) is 13.8. The Labute approximate surface area is 238 Å². The standard InChI is InChI=1S/C31H34N4O6/c1-17-8-20-14-32-23-12-28(27(39-4)11-22(23)30(37)34(20)15-17)41-7-5-6-40-26-13-24-21(10-19(26)3)31(38)35-16-18(2)9-25(35)29(36)33-24/h10-16,20,25,29,33,36H,5-9H2,1-4H3/t20-,25-,29?/m0/s1. The quantitative estimate of drug-likeness (QED) is 0.480.